The Morgan fingerprint density at radius 2 is 2.24 bits per heavy atom. The molecule has 0 N–H and O–H groups in total. The number of aryl methyl sites for hydroxylation is 1. The molecule has 0 aromatic heterocycles. The minimum absolute atomic E-state index is 0.133. The summed E-state index contributed by atoms with van der Waals surface area (Å²) in [6, 6.07) is 5.64. The van der Waals surface area contributed by atoms with Gasteiger partial charge in [-0.1, -0.05) is 0 Å². The van der Waals surface area contributed by atoms with Gasteiger partial charge < -0.3 is 14.4 Å². The molecular formula is C17H23NO3. The molecule has 0 radical (unpaired) electrons. The topological polar surface area (TPSA) is 38.8 Å². The smallest absolute Gasteiger partial charge is 0.254 e. The van der Waals surface area contributed by atoms with Gasteiger partial charge in [0, 0.05) is 24.6 Å². The molecule has 2 heterocycles. The number of carbonyl (C=O) groups is 1. The highest BCUT2D eigenvalue weighted by Crippen LogP contribution is 2.33. The number of fused-ring (bicyclic) bond motifs is 1. The van der Waals surface area contributed by atoms with Crippen LogP contribution in [-0.2, 0) is 4.74 Å². The number of piperidine rings is 1. The van der Waals surface area contributed by atoms with E-state index < -0.39 is 0 Å². The van der Waals surface area contributed by atoms with Crippen molar-refractivity contribution in [3.8, 4) is 5.75 Å². The fraction of sp³-hybridized carbons (Fsp3) is 0.588. The predicted molar refractivity (Wildman–Crippen MR) is 80.7 cm³/mol. The first-order chi connectivity index (χ1) is 10.1. The average Bonchev–Trinajstić information content (AvgIpc) is 2.85. The lowest BCUT2D eigenvalue weighted by Gasteiger charge is -2.34. The van der Waals surface area contributed by atoms with E-state index >= 15 is 0 Å². The second kappa shape index (κ2) is 5.68. The molecule has 0 spiro atoms. The van der Waals surface area contributed by atoms with E-state index in [2.05, 4.69) is 6.92 Å². The molecular weight excluding hydrogens is 266 g/mol. The minimum atomic E-state index is 0.133. The lowest BCUT2D eigenvalue weighted by Crippen LogP contribution is -2.44. The van der Waals surface area contributed by atoms with Crippen molar-refractivity contribution in [2.45, 2.75) is 38.9 Å². The molecule has 0 bridgehead atoms. The van der Waals surface area contributed by atoms with Crippen LogP contribution in [0.2, 0.25) is 0 Å². The quantitative estimate of drug-likeness (QED) is 0.840. The van der Waals surface area contributed by atoms with Crippen LogP contribution >= 0.6 is 0 Å². The summed E-state index contributed by atoms with van der Waals surface area (Å²) >= 11 is 0. The third-order valence-corrected chi connectivity index (χ3v) is 4.66. The first-order valence-corrected chi connectivity index (χ1v) is 7.68. The summed E-state index contributed by atoms with van der Waals surface area (Å²) in [5, 5.41) is 0. The van der Waals surface area contributed by atoms with Crippen LogP contribution < -0.4 is 4.74 Å². The molecule has 2 fully saturated rings. The summed E-state index contributed by atoms with van der Waals surface area (Å²) in [5.41, 5.74) is 1.75. The highest BCUT2D eigenvalue weighted by molar-refractivity contribution is 5.95. The van der Waals surface area contributed by atoms with Crippen LogP contribution in [0.25, 0.3) is 0 Å². The van der Waals surface area contributed by atoms with E-state index in [9.17, 15) is 4.79 Å². The van der Waals surface area contributed by atoms with Crippen molar-refractivity contribution in [1.82, 2.24) is 4.90 Å². The Bertz CT molecular complexity index is 543. The number of methoxy groups -OCH3 is 1. The van der Waals surface area contributed by atoms with Gasteiger partial charge in [-0.3, -0.25) is 4.79 Å². The van der Waals surface area contributed by atoms with E-state index in [1.165, 1.54) is 0 Å². The maximum Gasteiger partial charge on any atom is 0.254 e. The zero-order valence-electron chi connectivity index (χ0n) is 13.0. The van der Waals surface area contributed by atoms with Gasteiger partial charge in [0.05, 0.1) is 19.3 Å². The molecule has 1 aromatic rings. The fourth-order valence-corrected chi connectivity index (χ4v) is 3.55. The fourth-order valence-electron chi connectivity index (χ4n) is 3.55. The first kappa shape index (κ1) is 14.4. The Labute approximate surface area is 126 Å². The molecule has 0 aliphatic carbocycles. The number of benzene rings is 1. The van der Waals surface area contributed by atoms with Crippen LogP contribution in [0.4, 0.5) is 0 Å². The third-order valence-electron chi connectivity index (χ3n) is 4.66. The van der Waals surface area contributed by atoms with Gasteiger partial charge in [-0.2, -0.15) is 0 Å². The number of amides is 1. The molecule has 2 saturated heterocycles. The minimum Gasteiger partial charge on any atom is -0.497 e. The molecule has 21 heavy (non-hydrogen) atoms. The van der Waals surface area contributed by atoms with Crippen molar-refractivity contribution in [1.29, 1.82) is 0 Å². The summed E-state index contributed by atoms with van der Waals surface area (Å²) in [6.07, 6.45) is 2.70. The largest absolute Gasteiger partial charge is 0.497 e. The highest BCUT2D eigenvalue weighted by atomic mass is 16.5. The Kier molecular flexibility index (Phi) is 3.89. The third kappa shape index (κ3) is 2.77. The SMILES string of the molecule is COc1ccc(C(=O)N2CC[C@@H]3O[C@@H](C)C[C@H]3C2)c(C)c1. The lowest BCUT2D eigenvalue weighted by atomic mass is 9.92. The van der Waals surface area contributed by atoms with Gasteiger partial charge in [0.2, 0.25) is 0 Å². The zero-order chi connectivity index (χ0) is 15.0. The van der Waals surface area contributed by atoms with Crippen LogP contribution in [0.3, 0.4) is 0 Å². The van der Waals surface area contributed by atoms with E-state index in [1.807, 2.05) is 30.0 Å². The van der Waals surface area contributed by atoms with Crippen molar-refractivity contribution in [2.24, 2.45) is 5.92 Å². The van der Waals surface area contributed by atoms with E-state index in [1.54, 1.807) is 7.11 Å². The van der Waals surface area contributed by atoms with E-state index in [4.69, 9.17) is 9.47 Å². The molecule has 3 atom stereocenters. The summed E-state index contributed by atoms with van der Waals surface area (Å²) in [5.74, 6) is 1.42. The van der Waals surface area contributed by atoms with Gasteiger partial charge in [0.25, 0.3) is 5.91 Å². The average molecular weight is 289 g/mol. The summed E-state index contributed by atoms with van der Waals surface area (Å²) in [6.45, 7) is 5.69. The Morgan fingerprint density at radius 1 is 1.43 bits per heavy atom. The van der Waals surface area contributed by atoms with Crippen LogP contribution in [-0.4, -0.2) is 43.2 Å². The molecule has 2 aliphatic heterocycles. The maximum absolute atomic E-state index is 12.7. The molecule has 2 aliphatic rings. The highest BCUT2D eigenvalue weighted by Gasteiger charge is 2.38. The van der Waals surface area contributed by atoms with Gasteiger partial charge in [-0.05, 0) is 50.5 Å². The van der Waals surface area contributed by atoms with E-state index in [0.717, 1.165) is 42.8 Å². The summed E-state index contributed by atoms with van der Waals surface area (Å²) in [4.78, 5) is 14.7. The molecule has 1 amide bonds. The predicted octanol–water partition coefficient (Wildman–Crippen LogP) is 2.64. The molecule has 4 nitrogen and oxygen atoms in total. The summed E-state index contributed by atoms with van der Waals surface area (Å²) in [7, 11) is 1.64. The first-order valence-electron chi connectivity index (χ1n) is 7.68. The molecule has 114 valence electrons. The van der Waals surface area contributed by atoms with E-state index in [0.29, 0.717) is 18.1 Å². The maximum atomic E-state index is 12.7. The standard InChI is InChI=1S/C17H23NO3/c1-11-8-14(20-3)4-5-15(11)17(19)18-7-6-16-13(10-18)9-12(2)21-16/h4-5,8,12-13,16H,6-7,9-10H2,1-3H3/t12-,13-,16-/m0/s1. The van der Waals surface area contributed by atoms with Crippen LogP contribution in [0, 0.1) is 12.8 Å². The van der Waals surface area contributed by atoms with Crippen molar-refractivity contribution in [3.63, 3.8) is 0 Å². The number of hydrogen-bond donors (Lipinski definition) is 0. The van der Waals surface area contributed by atoms with Gasteiger partial charge in [-0.15, -0.1) is 0 Å². The Hall–Kier alpha value is -1.55. The van der Waals surface area contributed by atoms with Crippen molar-refractivity contribution in [3.05, 3.63) is 29.3 Å². The van der Waals surface area contributed by atoms with Crippen LogP contribution in [0.1, 0.15) is 35.7 Å². The van der Waals surface area contributed by atoms with Crippen molar-refractivity contribution >= 4 is 5.91 Å². The van der Waals surface area contributed by atoms with Gasteiger partial charge in [-0.25, -0.2) is 0 Å². The normalized spacial score (nSPS) is 28.3. The monoisotopic (exact) mass is 289 g/mol. The number of likely N-dealkylation sites (tertiary alicyclic amines) is 1. The van der Waals surface area contributed by atoms with Crippen LogP contribution in [0.15, 0.2) is 18.2 Å². The zero-order valence-corrected chi connectivity index (χ0v) is 13.0. The number of rotatable bonds is 2. The molecule has 1 aromatic carbocycles. The van der Waals surface area contributed by atoms with E-state index in [-0.39, 0.29) is 5.91 Å². The van der Waals surface area contributed by atoms with Crippen molar-refractivity contribution < 1.29 is 14.3 Å². The molecule has 4 heteroatoms. The number of nitrogens with zero attached hydrogens (tertiary/aromatic N) is 1. The second-order valence-electron chi connectivity index (χ2n) is 6.20. The Morgan fingerprint density at radius 3 is 2.95 bits per heavy atom. The number of hydrogen-bond acceptors (Lipinski definition) is 3. The lowest BCUT2D eigenvalue weighted by molar-refractivity contribution is 0.00863. The van der Waals surface area contributed by atoms with Crippen molar-refractivity contribution in [2.75, 3.05) is 20.2 Å². The van der Waals surface area contributed by atoms with Gasteiger partial charge in [0.15, 0.2) is 0 Å². The number of carbonyl (C=O) groups excluding carboxylic acids is 1. The second-order valence-corrected chi connectivity index (χ2v) is 6.20. The summed E-state index contributed by atoms with van der Waals surface area (Å²) < 4.78 is 11.1. The van der Waals surface area contributed by atoms with Gasteiger partial charge >= 0.3 is 0 Å². The molecule has 0 unspecified atom stereocenters. The molecule has 3 rings (SSSR count). The molecule has 0 saturated carbocycles. The van der Waals surface area contributed by atoms with Gasteiger partial charge in [0.1, 0.15) is 5.75 Å². The Balaban J connectivity index is 1.74. The van der Waals surface area contributed by atoms with Crippen LogP contribution in [0.5, 0.6) is 5.75 Å². The number of ether oxygens (including phenoxy) is 2.